The highest BCUT2D eigenvalue weighted by Gasteiger charge is 2.29. The van der Waals surface area contributed by atoms with Crippen LogP contribution in [-0.2, 0) is 34.7 Å². The van der Waals surface area contributed by atoms with Gasteiger partial charge in [-0.1, -0.05) is 84.4 Å². The van der Waals surface area contributed by atoms with E-state index in [1.54, 1.807) is 6.20 Å². The predicted octanol–water partition coefficient (Wildman–Crippen LogP) is 6.49. The maximum absolute atomic E-state index is 13.4. The number of benzene rings is 3. The standard InChI is InChI=1S/C31H31ClN2O3/c1-31(2,29-15-9-10-18-33-29)34-30(35)28(37-22-24-13-7-4-8-14-24)20-25-16-17-27(26(32)19-25)36-21-23-11-5-3-6-12-23/h3-19,28H,20-22H2,1-2H3,(H,34,35)/t28-/m1/s1. The second kappa shape index (κ2) is 12.5. The molecule has 3 aromatic carbocycles. The molecule has 4 aromatic rings. The number of halogens is 1. The Labute approximate surface area is 223 Å². The number of aromatic nitrogens is 1. The monoisotopic (exact) mass is 514 g/mol. The second-order valence-electron chi connectivity index (χ2n) is 9.36. The summed E-state index contributed by atoms with van der Waals surface area (Å²) in [5.41, 5.74) is 3.03. The third-order valence-corrected chi connectivity index (χ3v) is 6.28. The Hall–Kier alpha value is -3.67. The van der Waals surface area contributed by atoms with Gasteiger partial charge in [0.25, 0.3) is 0 Å². The van der Waals surface area contributed by atoms with Gasteiger partial charge in [-0.25, -0.2) is 0 Å². The molecule has 0 fully saturated rings. The van der Waals surface area contributed by atoms with E-state index in [4.69, 9.17) is 21.1 Å². The molecule has 0 unspecified atom stereocenters. The zero-order valence-electron chi connectivity index (χ0n) is 21.1. The highest BCUT2D eigenvalue weighted by molar-refractivity contribution is 6.32. The van der Waals surface area contributed by atoms with Crippen molar-refractivity contribution in [3.63, 3.8) is 0 Å². The van der Waals surface area contributed by atoms with E-state index in [2.05, 4.69) is 10.3 Å². The number of rotatable bonds is 11. The molecule has 1 amide bonds. The largest absolute Gasteiger partial charge is 0.487 e. The van der Waals surface area contributed by atoms with Gasteiger partial charge in [-0.3, -0.25) is 9.78 Å². The van der Waals surface area contributed by atoms with E-state index in [0.717, 1.165) is 22.4 Å². The van der Waals surface area contributed by atoms with Crippen molar-refractivity contribution in [2.24, 2.45) is 0 Å². The Kier molecular flexibility index (Phi) is 8.94. The Bertz CT molecular complexity index is 1280. The summed E-state index contributed by atoms with van der Waals surface area (Å²) >= 11 is 6.54. The fraction of sp³-hybridized carbons (Fsp3) is 0.226. The van der Waals surface area contributed by atoms with Crippen molar-refractivity contribution >= 4 is 17.5 Å². The summed E-state index contributed by atoms with van der Waals surface area (Å²) in [7, 11) is 0. The minimum atomic E-state index is -0.727. The highest BCUT2D eigenvalue weighted by atomic mass is 35.5. The molecular weight excluding hydrogens is 484 g/mol. The molecule has 0 radical (unpaired) electrons. The molecule has 0 bridgehead atoms. The van der Waals surface area contributed by atoms with E-state index in [-0.39, 0.29) is 5.91 Å². The van der Waals surface area contributed by atoms with Gasteiger partial charge in [0.05, 0.1) is 22.9 Å². The number of nitrogens with one attached hydrogen (secondary N) is 1. The smallest absolute Gasteiger partial charge is 0.250 e. The third-order valence-electron chi connectivity index (χ3n) is 5.98. The number of carbonyl (C=O) groups excluding carboxylic acids is 1. The van der Waals surface area contributed by atoms with Gasteiger partial charge in [0, 0.05) is 12.6 Å². The molecule has 4 rings (SSSR count). The molecule has 190 valence electrons. The van der Waals surface area contributed by atoms with Crippen LogP contribution >= 0.6 is 11.6 Å². The van der Waals surface area contributed by atoms with E-state index in [1.165, 1.54) is 0 Å². The first-order valence-corrected chi connectivity index (χ1v) is 12.6. The first-order valence-electron chi connectivity index (χ1n) is 12.2. The van der Waals surface area contributed by atoms with Gasteiger partial charge >= 0.3 is 0 Å². The van der Waals surface area contributed by atoms with Crippen LogP contribution in [0, 0.1) is 0 Å². The second-order valence-corrected chi connectivity index (χ2v) is 9.76. The predicted molar refractivity (Wildman–Crippen MR) is 146 cm³/mol. The maximum Gasteiger partial charge on any atom is 0.250 e. The van der Waals surface area contributed by atoms with Gasteiger partial charge in [0.1, 0.15) is 18.5 Å². The van der Waals surface area contributed by atoms with Crippen molar-refractivity contribution in [1.82, 2.24) is 10.3 Å². The van der Waals surface area contributed by atoms with Gasteiger partial charge in [0.2, 0.25) is 5.91 Å². The summed E-state index contributed by atoms with van der Waals surface area (Å²) in [6.07, 6.45) is 1.35. The van der Waals surface area contributed by atoms with Crippen LogP contribution in [0.5, 0.6) is 5.75 Å². The summed E-state index contributed by atoms with van der Waals surface area (Å²) in [6.45, 7) is 4.59. The molecule has 1 heterocycles. The van der Waals surface area contributed by atoms with Crippen LogP contribution in [0.1, 0.15) is 36.2 Å². The molecule has 0 aliphatic rings. The van der Waals surface area contributed by atoms with E-state index < -0.39 is 11.6 Å². The number of hydrogen-bond acceptors (Lipinski definition) is 4. The number of nitrogens with zero attached hydrogens (tertiary/aromatic N) is 1. The van der Waals surface area contributed by atoms with Crippen molar-refractivity contribution in [3.8, 4) is 5.75 Å². The van der Waals surface area contributed by atoms with E-state index in [9.17, 15) is 4.79 Å². The van der Waals surface area contributed by atoms with Gasteiger partial charge in [0.15, 0.2) is 0 Å². The number of ether oxygens (including phenoxy) is 2. The molecule has 6 heteroatoms. The number of pyridine rings is 1. The molecule has 0 saturated heterocycles. The fourth-order valence-electron chi connectivity index (χ4n) is 3.92. The summed E-state index contributed by atoms with van der Waals surface area (Å²) in [4.78, 5) is 17.9. The Morgan fingerprint density at radius 2 is 1.51 bits per heavy atom. The molecule has 0 aliphatic carbocycles. The lowest BCUT2D eigenvalue weighted by molar-refractivity contribution is -0.135. The molecule has 37 heavy (non-hydrogen) atoms. The maximum atomic E-state index is 13.4. The molecule has 1 atom stereocenters. The van der Waals surface area contributed by atoms with Gasteiger partial charge < -0.3 is 14.8 Å². The van der Waals surface area contributed by atoms with Gasteiger partial charge in [-0.15, -0.1) is 0 Å². The van der Waals surface area contributed by atoms with Crippen LogP contribution in [0.3, 0.4) is 0 Å². The minimum absolute atomic E-state index is 0.216. The number of carbonyl (C=O) groups is 1. The first kappa shape index (κ1) is 26.4. The fourth-order valence-corrected chi connectivity index (χ4v) is 4.18. The van der Waals surface area contributed by atoms with Crippen LogP contribution in [-0.4, -0.2) is 17.0 Å². The summed E-state index contributed by atoms with van der Waals surface area (Å²) in [5.74, 6) is 0.379. The Balaban J connectivity index is 1.47. The average molecular weight is 515 g/mol. The molecule has 1 N–H and O–H groups in total. The van der Waals surface area contributed by atoms with Crippen LogP contribution in [0.4, 0.5) is 0 Å². The van der Waals surface area contributed by atoms with Crippen molar-refractivity contribution in [2.45, 2.75) is 45.1 Å². The Morgan fingerprint density at radius 3 is 2.14 bits per heavy atom. The third kappa shape index (κ3) is 7.66. The Morgan fingerprint density at radius 1 is 0.865 bits per heavy atom. The quantitative estimate of drug-likeness (QED) is 0.248. The SMILES string of the molecule is CC(C)(NC(=O)[C@@H](Cc1ccc(OCc2ccccc2)c(Cl)c1)OCc1ccccc1)c1ccccn1. The lowest BCUT2D eigenvalue weighted by atomic mass is 9.98. The molecule has 0 aliphatic heterocycles. The summed E-state index contributed by atoms with van der Waals surface area (Å²) in [6, 6.07) is 31.0. The molecule has 0 spiro atoms. The molecule has 1 aromatic heterocycles. The first-order chi connectivity index (χ1) is 17.9. The van der Waals surface area contributed by atoms with Crippen LogP contribution < -0.4 is 10.1 Å². The zero-order chi connectivity index (χ0) is 26.1. The number of hydrogen-bond donors (Lipinski definition) is 1. The van der Waals surface area contributed by atoms with Crippen molar-refractivity contribution in [3.05, 3.63) is 131 Å². The highest BCUT2D eigenvalue weighted by Crippen LogP contribution is 2.27. The lowest BCUT2D eigenvalue weighted by Gasteiger charge is -2.28. The van der Waals surface area contributed by atoms with Gasteiger partial charge in [-0.2, -0.15) is 0 Å². The molecular formula is C31H31ClN2O3. The lowest BCUT2D eigenvalue weighted by Crippen LogP contribution is -2.47. The average Bonchev–Trinajstić information content (AvgIpc) is 2.92. The molecule has 5 nitrogen and oxygen atoms in total. The van der Waals surface area contributed by atoms with Gasteiger partial charge in [-0.05, 0) is 54.8 Å². The van der Waals surface area contributed by atoms with Crippen molar-refractivity contribution in [2.75, 3.05) is 0 Å². The van der Waals surface area contributed by atoms with Crippen molar-refractivity contribution in [1.29, 1.82) is 0 Å². The van der Waals surface area contributed by atoms with E-state index in [1.807, 2.05) is 111 Å². The summed E-state index contributed by atoms with van der Waals surface area (Å²) < 4.78 is 12.0. The topological polar surface area (TPSA) is 60.5 Å². The summed E-state index contributed by atoms with van der Waals surface area (Å²) in [5, 5.41) is 3.60. The van der Waals surface area contributed by atoms with Crippen LogP contribution in [0.25, 0.3) is 0 Å². The van der Waals surface area contributed by atoms with Crippen LogP contribution in [0.15, 0.2) is 103 Å². The van der Waals surface area contributed by atoms with Crippen molar-refractivity contribution < 1.29 is 14.3 Å². The van der Waals surface area contributed by atoms with E-state index in [0.29, 0.717) is 30.4 Å². The zero-order valence-corrected chi connectivity index (χ0v) is 21.8. The van der Waals surface area contributed by atoms with Crippen LogP contribution in [0.2, 0.25) is 5.02 Å². The molecule has 0 saturated carbocycles. The number of amides is 1. The minimum Gasteiger partial charge on any atom is -0.487 e. The normalized spacial score (nSPS) is 12.1. The van der Waals surface area contributed by atoms with E-state index >= 15 is 0 Å².